The van der Waals surface area contributed by atoms with Crippen molar-refractivity contribution in [3.8, 4) is 17.1 Å². The van der Waals surface area contributed by atoms with Crippen molar-refractivity contribution in [1.29, 1.82) is 4.78 Å². The zero-order chi connectivity index (χ0) is 25.1. The number of nitrogens with zero attached hydrogens (tertiary/aromatic N) is 4. The van der Waals surface area contributed by atoms with Crippen LogP contribution >= 0.6 is 0 Å². The molecular weight excluding hydrogens is 465 g/mol. The fourth-order valence-corrected chi connectivity index (χ4v) is 7.24. The van der Waals surface area contributed by atoms with Crippen molar-refractivity contribution in [3.05, 3.63) is 35.9 Å². The normalized spacial score (nSPS) is 21.8. The molecule has 2 fully saturated rings. The lowest BCUT2D eigenvalue weighted by molar-refractivity contribution is 0.0799. The summed E-state index contributed by atoms with van der Waals surface area (Å²) < 4.78 is 30.5. The Balaban J connectivity index is 1.80. The highest BCUT2D eigenvalue weighted by Crippen LogP contribution is 2.52. The van der Waals surface area contributed by atoms with Gasteiger partial charge in [0.15, 0.2) is 17.4 Å². The number of anilines is 1. The van der Waals surface area contributed by atoms with Crippen molar-refractivity contribution in [2.75, 3.05) is 30.9 Å². The molecule has 1 saturated heterocycles. The average Bonchev–Trinajstić information content (AvgIpc) is 3.16. The highest BCUT2D eigenvalue weighted by molar-refractivity contribution is 8.01. The number of hydrogen-bond acceptors (Lipinski definition) is 6. The summed E-state index contributed by atoms with van der Waals surface area (Å²) >= 11 is 0. The zero-order valence-electron chi connectivity index (χ0n) is 20.8. The molecule has 0 bridgehead atoms. The van der Waals surface area contributed by atoms with Crippen LogP contribution in [0.4, 0.5) is 10.2 Å². The number of nitrogens with one attached hydrogen (secondary N) is 1. The van der Waals surface area contributed by atoms with Gasteiger partial charge in [-0.3, -0.25) is 4.78 Å². The van der Waals surface area contributed by atoms with E-state index < -0.39 is 14.2 Å². The molecule has 3 heterocycles. The number of ether oxygens (including phenoxy) is 1. The van der Waals surface area contributed by atoms with Crippen LogP contribution < -0.4 is 4.90 Å². The molecule has 1 saturated carbocycles. The van der Waals surface area contributed by atoms with Crippen molar-refractivity contribution in [3.63, 3.8) is 0 Å². The van der Waals surface area contributed by atoms with E-state index in [0.29, 0.717) is 48.2 Å². The van der Waals surface area contributed by atoms with Gasteiger partial charge in [-0.25, -0.2) is 14.4 Å². The molecule has 3 aromatic rings. The van der Waals surface area contributed by atoms with Crippen LogP contribution in [0.25, 0.3) is 22.3 Å². The minimum atomic E-state index is -2.08. The van der Waals surface area contributed by atoms with E-state index in [1.54, 1.807) is 10.6 Å². The fraction of sp³-hybridized carbons (Fsp3) is 0.500. The van der Waals surface area contributed by atoms with Crippen molar-refractivity contribution in [2.24, 2.45) is 13.0 Å². The van der Waals surface area contributed by atoms with Crippen LogP contribution in [0.15, 0.2) is 24.4 Å². The number of aromatic hydroxyl groups is 1. The summed E-state index contributed by atoms with van der Waals surface area (Å²) in [6.07, 6.45) is 6.18. The summed E-state index contributed by atoms with van der Waals surface area (Å²) in [6.45, 7) is 5.95. The highest BCUT2D eigenvalue weighted by Gasteiger charge is 2.47. The molecule has 2 aromatic heterocycles. The first-order chi connectivity index (χ1) is 16.5. The Labute approximate surface area is 206 Å². The first-order valence-corrected chi connectivity index (χ1v) is 14.3. The molecule has 1 aliphatic carbocycles. The van der Waals surface area contributed by atoms with E-state index in [2.05, 4.69) is 24.6 Å². The van der Waals surface area contributed by atoms with Crippen molar-refractivity contribution >= 4 is 32.0 Å². The van der Waals surface area contributed by atoms with E-state index >= 15 is 0 Å². The maximum atomic E-state index is 14.7. The third-order valence-electron chi connectivity index (χ3n) is 7.75. The highest BCUT2D eigenvalue weighted by atomic mass is 32.2. The van der Waals surface area contributed by atoms with Crippen LogP contribution in [0, 0.1) is 16.5 Å². The molecule has 188 valence electrons. The number of fused-ring (bicyclic) bond motifs is 1. The van der Waals surface area contributed by atoms with Gasteiger partial charge in [0, 0.05) is 30.7 Å². The lowest BCUT2D eigenvalue weighted by atomic mass is 9.81. The Morgan fingerprint density at radius 1 is 1.29 bits per heavy atom. The van der Waals surface area contributed by atoms with Gasteiger partial charge >= 0.3 is 0 Å². The van der Waals surface area contributed by atoms with Crippen LogP contribution in [0.3, 0.4) is 0 Å². The monoisotopic (exact) mass is 499 g/mol. The van der Waals surface area contributed by atoms with Gasteiger partial charge in [0.25, 0.3) is 0 Å². The summed E-state index contributed by atoms with van der Waals surface area (Å²) in [5, 5.41) is 12.4. The number of aryl methyl sites for hydroxylation is 1. The van der Waals surface area contributed by atoms with Gasteiger partial charge in [0.1, 0.15) is 11.5 Å². The van der Waals surface area contributed by atoms with E-state index in [1.165, 1.54) is 6.07 Å². The molecule has 0 radical (unpaired) electrons. The minimum Gasteiger partial charge on any atom is -0.503 e. The molecule has 0 spiro atoms. The van der Waals surface area contributed by atoms with Gasteiger partial charge in [-0.05, 0) is 49.6 Å². The molecule has 7 nitrogen and oxygen atoms in total. The summed E-state index contributed by atoms with van der Waals surface area (Å²) in [4.78, 5) is 12.0. The number of rotatable bonds is 5. The minimum absolute atomic E-state index is 0.0436. The SMILES string of the molecule is C=S(C)(=N)C1(c2nc(-c3ccc(F)c4c3ccn4C)nc(N3CCOC[C@H]3C(C)C)c2O)CCC1. The quantitative estimate of drug-likeness (QED) is 0.497. The van der Waals surface area contributed by atoms with Gasteiger partial charge in [0.05, 0.1) is 29.5 Å². The topological polar surface area (TPSA) is 87.3 Å². The van der Waals surface area contributed by atoms with Gasteiger partial charge in [0.2, 0.25) is 0 Å². The molecule has 2 atom stereocenters. The second kappa shape index (κ2) is 8.48. The van der Waals surface area contributed by atoms with E-state index in [9.17, 15) is 9.50 Å². The molecule has 9 heteroatoms. The summed E-state index contributed by atoms with van der Waals surface area (Å²) in [5.41, 5.74) is 1.70. The zero-order valence-corrected chi connectivity index (χ0v) is 21.7. The predicted molar refractivity (Wildman–Crippen MR) is 141 cm³/mol. The molecule has 1 aromatic carbocycles. The predicted octanol–water partition coefficient (Wildman–Crippen LogP) is 4.70. The Morgan fingerprint density at radius 3 is 2.66 bits per heavy atom. The molecule has 2 N–H and O–H groups in total. The second-order valence-electron chi connectivity index (χ2n) is 10.4. The second-order valence-corrected chi connectivity index (χ2v) is 13.3. The Kier molecular flexibility index (Phi) is 5.83. The van der Waals surface area contributed by atoms with E-state index in [0.717, 1.165) is 24.6 Å². The fourth-order valence-electron chi connectivity index (χ4n) is 5.48. The Morgan fingerprint density at radius 2 is 2.03 bits per heavy atom. The lowest BCUT2D eigenvalue weighted by Gasteiger charge is -2.46. The Bertz CT molecular complexity index is 1390. The summed E-state index contributed by atoms with van der Waals surface area (Å²) in [7, 11) is -0.271. The van der Waals surface area contributed by atoms with Gasteiger partial charge < -0.3 is 19.3 Å². The van der Waals surface area contributed by atoms with E-state index in [1.807, 2.05) is 25.6 Å². The summed E-state index contributed by atoms with van der Waals surface area (Å²) in [6, 6.07) is 5.07. The van der Waals surface area contributed by atoms with Gasteiger partial charge in [-0.15, -0.1) is 9.41 Å². The van der Waals surface area contributed by atoms with Gasteiger partial charge in [-0.2, -0.15) is 0 Å². The molecule has 1 aliphatic heterocycles. The summed E-state index contributed by atoms with van der Waals surface area (Å²) in [5.74, 6) is 5.15. The number of morpholine rings is 1. The Hall–Kier alpha value is -2.65. The maximum absolute atomic E-state index is 14.7. The molecule has 2 aliphatic rings. The van der Waals surface area contributed by atoms with Crippen molar-refractivity contribution in [1.82, 2.24) is 14.5 Å². The first-order valence-electron chi connectivity index (χ1n) is 12.1. The van der Waals surface area contributed by atoms with E-state index in [4.69, 9.17) is 19.5 Å². The molecule has 1 unspecified atom stereocenters. The van der Waals surface area contributed by atoms with Crippen LogP contribution in [-0.2, 0) is 25.9 Å². The molecule has 35 heavy (non-hydrogen) atoms. The molecule has 0 amide bonds. The third kappa shape index (κ3) is 3.71. The molecule has 5 rings (SSSR count). The van der Waals surface area contributed by atoms with Crippen LogP contribution in [0.5, 0.6) is 5.75 Å². The van der Waals surface area contributed by atoms with Gasteiger partial charge in [-0.1, -0.05) is 19.7 Å². The molecular formula is C26H34FN5O2S. The van der Waals surface area contributed by atoms with Crippen LogP contribution in [0.1, 0.15) is 38.8 Å². The first kappa shape index (κ1) is 24.1. The smallest absolute Gasteiger partial charge is 0.181 e. The van der Waals surface area contributed by atoms with Crippen LogP contribution in [-0.4, -0.2) is 57.6 Å². The van der Waals surface area contributed by atoms with E-state index in [-0.39, 0.29) is 23.5 Å². The number of hydrogen-bond donors (Lipinski definition) is 2. The van der Waals surface area contributed by atoms with Crippen molar-refractivity contribution in [2.45, 2.75) is 43.9 Å². The van der Waals surface area contributed by atoms with Crippen LogP contribution in [0.2, 0.25) is 0 Å². The van der Waals surface area contributed by atoms with Crippen molar-refractivity contribution < 1.29 is 14.2 Å². The number of benzene rings is 1. The standard InChI is InChI=1S/C26H34FN5O2S/c1-16(2)20-15-34-14-13-32(20)25-22(33)23(26(10-6-11-26)35(4,5)28)29-24(30-25)18-7-8-19(27)21-17(18)9-12-31(21)3/h7-9,12,16,20,28,33H,4,6,10-11,13-15H2,1-3,5H3/t20-,35?/m0/s1. The number of halogens is 1. The lowest BCUT2D eigenvalue weighted by Crippen LogP contribution is -2.49. The number of aromatic nitrogens is 3. The maximum Gasteiger partial charge on any atom is 0.181 e. The average molecular weight is 500 g/mol. The largest absolute Gasteiger partial charge is 0.503 e. The third-order valence-corrected chi connectivity index (χ3v) is 10.1.